The predicted octanol–water partition coefficient (Wildman–Crippen LogP) is 4.68. The first-order chi connectivity index (χ1) is 16.5. The van der Waals surface area contributed by atoms with Gasteiger partial charge in [0.05, 0.1) is 4.92 Å². The second-order valence-electron chi connectivity index (χ2n) is 7.38. The van der Waals surface area contributed by atoms with Gasteiger partial charge in [0.25, 0.3) is 11.6 Å². The zero-order valence-electron chi connectivity index (χ0n) is 18.2. The maximum Gasteiger partial charge on any atom is 0.293 e. The van der Waals surface area contributed by atoms with Crippen molar-refractivity contribution in [2.24, 2.45) is 0 Å². The van der Waals surface area contributed by atoms with Crippen molar-refractivity contribution in [1.82, 2.24) is 0 Å². The second-order valence-corrected chi connectivity index (χ2v) is 7.38. The Labute approximate surface area is 195 Å². The van der Waals surface area contributed by atoms with Crippen LogP contribution in [-0.4, -0.2) is 31.1 Å². The number of hydrogen-bond acceptors (Lipinski definition) is 7. The van der Waals surface area contributed by atoms with Gasteiger partial charge in [-0.25, -0.2) is 0 Å². The van der Waals surface area contributed by atoms with E-state index in [4.69, 9.17) is 9.47 Å². The molecule has 0 fully saturated rings. The number of fused-ring (bicyclic) bond motifs is 1. The van der Waals surface area contributed by atoms with E-state index in [0.29, 0.717) is 41.7 Å². The molecule has 1 aliphatic heterocycles. The monoisotopic (exact) mass is 456 g/mol. The van der Waals surface area contributed by atoms with E-state index in [2.05, 4.69) is 5.32 Å². The minimum atomic E-state index is -0.646. The first kappa shape index (κ1) is 22.4. The molecule has 0 aromatic heterocycles. The summed E-state index contributed by atoms with van der Waals surface area (Å²) in [6.45, 7) is 0.855. The van der Waals surface area contributed by atoms with Gasteiger partial charge in [-0.3, -0.25) is 14.9 Å². The maximum absolute atomic E-state index is 12.7. The Hall–Kier alpha value is -4.84. The summed E-state index contributed by atoms with van der Waals surface area (Å²) in [7, 11) is 1.73. The maximum atomic E-state index is 12.7. The molecule has 9 heteroatoms. The molecule has 0 spiro atoms. The fourth-order valence-corrected chi connectivity index (χ4v) is 3.49. The van der Waals surface area contributed by atoms with Gasteiger partial charge in [-0.2, -0.15) is 5.26 Å². The third kappa shape index (κ3) is 4.81. The molecule has 3 aromatic rings. The van der Waals surface area contributed by atoms with Crippen molar-refractivity contribution in [1.29, 1.82) is 5.26 Å². The Kier molecular flexibility index (Phi) is 6.41. The van der Waals surface area contributed by atoms with Crippen molar-refractivity contribution in [3.63, 3.8) is 0 Å². The molecule has 170 valence electrons. The predicted molar refractivity (Wildman–Crippen MR) is 127 cm³/mol. The molecule has 1 amide bonds. The fraction of sp³-hybridized carbons (Fsp3) is 0.120. The highest BCUT2D eigenvalue weighted by Crippen LogP contribution is 2.34. The van der Waals surface area contributed by atoms with E-state index in [1.165, 1.54) is 12.1 Å². The van der Waals surface area contributed by atoms with Crippen LogP contribution < -0.4 is 19.7 Å². The lowest BCUT2D eigenvalue weighted by Gasteiger charge is -2.19. The van der Waals surface area contributed by atoms with Crippen LogP contribution in [0.5, 0.6) is 11.5 Å². The van der Waals surface area contributed by atoms with Crippen molar-refractivity contribution >= 4 is 34.7 Å². The third-order valence-corrected chi connectivity index (χ3v) is 5.18. The number of amides is 1. The van der Waals surface area contributed by atoms with Gasteiger partial charge in [0.2, 0.25) is 0 Å². The molecular weight excluding hydrogens is 436 g/mol. The largest absolute Gasteiger partial charge is 0.486 e. The van der Waals surface area contributed by atoms with Crippen molar-refractivity contribution in [2.45, 2.75) is 0 Å². The number of ether oxygens (including phenoxy) is 2. The number of nitro benzene ring substituents is 1. The van der Waals surface area contributed by atoms with Crippen molar-refractivity contribution in [2.75, 3.05) is 30.5 Å². The number of nitrogens with zero attached hydrogens (tertiary/aromatic N) is 3. The van der Waals surface area contributed by atoms with E-state index in [0.717, 1.165) is 5.69 Å². The van der Waals surface area contributed by atoms with Gasteiger partial charge in [-0.1, -0.05) is 24.3 Å². The molecule has 0 aliphatic carbocycles. The molecule has 1 heterocycles. The van der Waals surface area contributed by atoms with E-state index < -0.39 is 10.8 Å². The molecule has 1 N–H and O–H groups in total. The number of para-hydroxylation sites is 1. The van der Waals surface area contributed by atoms with E-state index in [-0.39, 0.29) is 11.3 Å². The minimum Gasteiger partial charge on any atom is -0.486 e. The SMILES string of the molecule is CN(c1ccccc1)c1ccc(/C=C(/C#N)C(=O)Nc2ccc3c(c2)OCCO3)cc1[N+](=O)[O-]. The van der Waals surface area contributed by atoms with Crippen LogP contribution >= 0.6 is 0 Å². The zero-order chi connectivity index (χ0) is 24.1. The first-order valence-electron chi connectivity index (χ1n) is 10.4. The van der Waals surface area contributed by atoms with Gasteiger partial charge in [-0.15, -0.1) is 0 Å². The lowest BCUT2D eigenvalue weighted by Crippen LogP contribution is -2.17. The summed E-state index contributed by atoms with van der Waals surface area (Å²) in [6, 6.07) is 20.6. The van der Waals surface area contributed by atoms with E-state index >= 15 is 0 Å². The lowest BCUT2D eigenvalue weighted by molar-refractivity contribution is -0.384. The van der Waals surface area contributed by atoms with Gasteiger partial charge in [0.15, 0.2) is 11.5 Å². The van der Waals surface area contributed by atoms with Crippen molar-refractivity contribution in [3.8, 4) is 17.6 Å². The third-order valence-electron chi connectivity index (χ3n) is 5.18. The summed E-state index contributed by atoms with van der Waals surface area (Å²) in [5.41, 5.74) is 1.60. The number of hydrogen-bond donors (Lipinski definition) is 1. The molecule has 0 atom stereocenters. The number of benzene rings is 3. The summed E-state index contributed by atoms with van der Waals surface area (Å²) in [4.78, 5) is 25.6. The summed E-state index contributed by atoms with van der Waals surface area (Å²) in [6.07, 6.45) is 1.31. The minimum absolute atomic E-state index is 0.148. The number of carbonyl (C=O) groups is 1. The van der Waals surface area contributed by atoms with E-state index in [1.54, 1.807) is 42.3 Å². The fourth-order valence-electron chi connectivity index (χ4n) is 3.49. The zero-order valence-corrected chi connectivity index (χ0v) is 18.2. The number of nitrogens with one attached hydrogen (secondary N) is 1. The molecule has 0 bridgehead atoms. The topological polar surface area (TPSA) is 118 Å². The molecule has 0 saturated carbocycles. The quantitative estimate of drug-likeness (QED) is 0.248. The van der Waals surface area contributed by atoms with Crippen LogP contribution in [0.2, 0.25) is 0 Å². The van der Waals surface area contributed by atoms with Crippen LogP contribution in [0, 0.1) is 21.4 Å². The molecule has 9 nitrogen and oxygen atoms in total. The first-order valence-corrected chi connectivity index (χ1v) is 10.4. The Morgan fingerprint density at radius 1 is 1.09 bits per heavy atom. The number of nitro groups is 1. The van der Waals surface area contributed by atoms with E-state index in [9.17, 15) is 20.2 Å². The molecule has 0 radical (unpaired) electrons. The highest BCUT2D eigenvalue weighted by atomic mass is 16.6. The van der Waals surface area contributed by atoms with Gasteiger partial charge >= 0.3 is 0 Å². The number of nitriles is 1. The average Bonchev–Trinajstić information content (AvgIpc) is 2.87. The van der Waals surface area contributed by atoms with Crippen LogP contribution in [0.3, 0.4) is 0 Å². The smallest absolute Gasteiger partial charge is 0.293 e. The van der Waals surface area contributed by atoms with Crippen LogP contribution in [0.25, 0.3) is 6.08 Å². The van der Waals surface area contributed by atoms with Crippen molar-refractivity contribution < 1.29 is 19.2 Å². The molecular formula is C25H20N4O5. The second kappa shape index (κ2) is 9.75. The number of anilines is 3. The van der Waals surface area contributed by atoms with Gasteiger partial charge in [0, 0.05) is 30.6 Å². The lowest BCUT2D eigenvalue weighted by atomic mass is 10.1. The van der Waals surface area contributed by atoms with Gasteiger partial charge in [-0.05, 0) is 42.0 Å². The summed E-state index contributed by atoms with van der Waals surface area (Å²) in [5.74, 6) is 0.431. The number of carbonyl (C=O) groups excluding carboxylic acids is 1. The normalized spacial score (nSPS) is 12.4. The molecule has 4 rings (SSSR count). The standard InChI is InChI=1S/C25H20N4O5/c1-28(20-5-3-2-4-6-20)21-9-7-17(14-22(21)29(31)32)13-18(16-26)25(30)27-19-8-10-23-24(15-19)34-12-11-33-23/h2-10,13-15H,11-12H2,1H3,(H,27,30)/b18-13-. The highest BCUT2D eigenvalue weighted by Gasteiger charge is 2.20. The average molecular weight is 456 g/mol. The molecule has 3 aromatic carbocycles. The Bertz CT molecular complexity index is 1310. The van der Waals surface area contributed by atoms with Crippen molar-refractivity contribution in [3.05, 3.63) is 88.0 Å². The molecule has 1 aliphatic rings. The Morgan fingerprint density at radius 2 is 1.82 bits per heavy atom. The Morgan fingerprint density at radius 3 is 2.53 bits per heavy atom. The molecule has 34 heavy (non-hydrogen) atoms. The van der Waals surface area contributed by atoms with Gasteiger partial charge < -0.3 is 19.7 Å². The van der Waals surface area contributed by atoms with Crippen LogP contribution in [0.15, 0.2) is 72.3 Å². The highest BCUT2D eigenvalue weighted by molar-refractivity contribution is 6.09. The summed E-state index contributed by atoms with van der Waals surface area (Å²) in [5, 5.41) is 23.9. The Balaban J connectivity index is 1.59. The van der Waals surface area contributed by atoms with Crippen LogP contribution in [0.1, 0.15) is 5.56 Å². The van der Waals surface area contributed by atoms with E-state index in [1.807, 2.05) is 36.4 Å². The van der Waals surface area contributed by atoms with Crippen LogP contribution in [0.4, 0.5) is 22.7 Å². The summed E-state index contributed by atoms with van der Waals surface area (Å²) < 4.78 is 11.0. The summed E-state index contributed by atoms with van der Waals surface area (Å²) >= 11 is 0. The van der Waals surface area contributed by atoms with Crippen LogP contribution in [-0.2, 0) is 4.79 Å². The molecule has 0 unspecified atom stereocenters. The molecule has 0 saturated heterocycles. The number of rotatable bonds is 6. The van der Waals surface area contributed by atoms with Gasteiger partial charge in [0.1, 0.15) is 30.5 Å².